The molecule has 0 aromatic heterocycles. The van der Waals surface area contributed by atoms with Crippen molar-refractivity contribution in [3.8, 4) is 0 Å². The van der Waals surface area contributed by atoms with Crippen molar-refractivity contribution >= 4 is 57.1 Å². The summed E-state index contributed by atoms with van der Waals surface area (Å²) in [6, 6.07) is 13.2. The molecule has 3 aliphatic heterocycles. The molecule has 0 atom stereocenters. The zero-order valence-corrected chi connectivity index (χ0v) is 18.3. The third-order valence-corrected chi connectivity index (χ3v) is 7.17. The fourth-order valence-electron chi connectivity index (χ4n) is 4.27. The van der Waals surface area contributed by atoms with Crippen molar-refractivity contribution in [3.05, 3.63) is 64.8 Å². The second-order valence-electron chi connectivity index (χ2n) is 7.76. The number of benzene rings is 2. The first-order chi connectivity index (χ1) is 15.0. The van der Waals surface area contributed by atoms with Gasteiger partial charge in [-0.3, -0.25) is 24.3 Å². The number of fused-ring (bicyclic) bond motifs is 1. The molecule has 0 spiro atoms. The molecule has 31 heavy (non-hydrogen) atoms. The van der Waals surface area contributed by atoms with E-state index in [-0.39, 0.29) is 17.6 Å². The van der Waals surface area contributed by atoms with Gasteiger partial charge in [-0.1, -0.05) is 48.6 Å². The zero-order chi connectivity index (χ0) is 21.5. The van der Waals surface area contributed by atoms with E-state index in [0.29, 0.717) is 27.2 Å². The van der Waals surface area contributed by atoms with E-state index < -0.39 is 0 Å². The monoisotopic (exact) mass is 453 g/mol. The van der Waals surface area contributed by atoms with Gasteiger partial charge in [0.15, 0.2) is 4.32 Å². The molecule has 8 heteroatoms. The van der Waals surface area contributed by atoms with Gasteiger partial charge in [0, 0.05) is 5.56 Å². The number of rotatable bonds is 3. The second kappa shape index (κ2) is 8.18. The summed E-state index contributed by atoms with van der Waals surface area (Å²) in [7, 11) is 0. The number of likely N-dealkylation sites (tertiary alicyclic amines) is 1. The van der Waals surface area contributed by atoms with E-state index >= 15 is 0 Å². The molecule has 2 aromatic carbocycles. The molecule has 5 rings (SSSR count). The molecule has 0 unspecified atom stereocenters. The number of nitrogens with zero attached hydrogens (tertiary/aromatic N) is 3. The number of thiocarbonyl (C=S) groups is 1. The minimum atomic E-state index is -0.388. The van der Waals surface area contributed by atoms with E-state index in [9.17, 15) is 14.0 Å². The SMILES string of the molecule is O=C1/C(=C2\SC(=S)N(c3ccc(F)cc3)C2=O)c2ccccc2N1CN1CCCCC1. The van der Waals surface area contributed by atoms with Crippen molar-refractivity contribution < 1.29 is 14.0 Å². The third kappa shape index (κ3) is 3.58. The predicted molar refractivity (Wildman–Crippen MR) is 125 cm³/mol. The van der Waals surface area contributed by atoms with Gasteiger partial charge in [-0.2, -0.15) is 0 Å². The van der Waals surface area contributed by atoms with E-state index in [0.717, 1.165) is 48.9 Å². The molecule has 5 nitrogen and oxygen atoms in total. The van der Waals surface area contributed by atoms with Crippen molar-refractivity contribution in [1.82, 2.24) is 4.90 Å². The molecule has 2 fully saturated rings. The highest BCUT2D eigenvalue weighted by atomic mass is 32.2. The van der Waals surface area contributed by atoms with Gasteiger partial charge in [0.1, 0.15) is 5.82 Å². The van der Waals surface area contributed by atoms with Crippen LogP contribution < -0.4 is 9.80 Å². The van der Waals surface area contributed by atoms with Crippen LogP contribution in [0, 0.1) is 5.82 Å². The van der Waals surface area contributed by atoms with Crippen LogP contribution in [0.1, 0.15) is 24.8 Å². The number of anilines is 2. The van der Waals surface area contributed by atoms with E-state index in [4.69, 9.17) is 12.2 Å². The highest BCUT2D eigenvalue weighted by molar-refractivity contribution is 8.27. The normalized spacial score (nSPS) is 21.9. The summed E-state index contributed by atoms with van der Waals surface area (Å²) >= 11 is 6.58. The van der Waals surface area contributed by atoms with Crippen molar-refractivity contribution in [3.63, 3.8) is 0 Å². The summed E-state index contributed by atoms with van der Waals surface area (Å²) in [4.78, 5) is 32.6. The Morgan fingerprint density at radius 2 is 1.65 bits per heavy atom. The summed E-state index contributed by atoms with van der Waals surface area (Å²) in [5, 5.41) is 0. The zero-order valence-electron chi connectivity index (χ0n) is 16.7. The lowest BCUT2D eigenvalue weighted by molar-refractivity contribution is -0.115. The Morgan fingerprint density at radius 3 is 2.39 bits per heavy atom. The largest absolute Gasteiger partial charge is 0.294 e. The summed E-state index contributed by atoms with van der Waals surface area (Å²) < 4.78 is 13.7. The first kappa shape index (κ1) is 20.4. The molecule has 2 saturated heterocycles. The van der Waals surface area contributed by atoms with Crippen molar-refractivity contribution in [1.29, 1.82) is 0 Å². The average molecular weight is 454 g/mol. The van der Waals surface area contributed by atoms with Crippen LogP contribution in [-0.4, -0.2) is 40.8 Å². The molecule has 2 aromatic rings. The molecule has 3 aliphatic rings. The quantitative estimate of drug-likeness (QED) is 0.509. The van der Waals surface area contributed by atoms with Crippen molar-refractivity contribution in [2.45, 2.75) is 19.3 Å². The lowest BCUT2D eigenvalue weighted by Gasteiger charge is -2.30. The summed E-state index contributed by atoms with van der Waals surface area (Å²) in [5.41, 5.74) is 2.46. The van der Waals surface area contributed by atoms with Crippen LogP contribution in [0.3, 0.4) is 0 Å². The Kier molecular flexibility index (Phi) is 5.37. The van der Waals surface area contributed by atoms with Gasteiger partial charge in [-0.05, 0) is 56.3 Å². The molecule has 3 heterocycles. The number of piperidine rings is 1. The Balaban J connectivity index is 1.53. The fraction of sp³-hybridized carbons (Fsp3) is 0.261. The number of thioether (sulfide) groups is 1. The van der Waals surface area contributed by atoms with Gasteiger partial charge < -0.3 is 0 Å². The maximum absolute atomic E-state index is 13.5. The second-order valence-corrected chi connectivity index (χ2v) is 9.40. The van der Waals surface area contributed by atoms with Gasteiger partial charge in [-0.15, -0.1) is 0 Å². The van der Waals surface area contributed by atoms with E-state index in [2.05, 4.69) is 4.90 Å². The van der Waals surface area contributed by atoms with Crippen LogP contribution in [0.5, 0.6) is 0 Å². The standard InChI is InChI=1S/C23H20FN3O2S2/c24-15-8-10-16(11-9-15)27-22(29)20(31-23(27)30)19-17-6-2-3-7-18(17)26(21(19)28)14-25-12-4-1-5-13-25/h2-3,6-11H,1,4-5,12-14H2/b20-19-. The summed E-state index contributed by atoms with van der Waals surface area (Å²) in [6.07, 6.45) is 3.48. The number of hydrogen-bond donors (Lipinski definition) is 0. The highest BCUT2D eigenvalue weighted by Crippen LogP contribution is 2.45. The Hall–Kier alpha value is -2.55. The summed E-state index contributed by atoms with van der Waals surface area (Å²) in [6.45, 7) is 2.44. The predicted octanol–water partition coefficient (Wildman–Crippen LogP) is 4.39. The Labute approximate surface area is 189 Å². The number of halogens is 1. The Morgan fingerprint density at radius 1 is 0.935 bits per heavy atom. The number of carbonyl (C=O) groups is 2. The molecule has 0 bridgehead atoms. The van der Waals surface area contributed by atoms with Crippen LogP contribution in [0.25, 0.3) is 5.57 Å². The van der Waals surface area contributed by atoms with Crippen LogP contribution in [0.15, 0.2) is 53.4 Å². The highest BCUT2D eigenvalue weighted by Gasteiger charge is 2.42. The molecule has 0 saturated carbocycles. The van der Waals surface area contributed by atoms with Gasteiger partial charge in [0.25, 0.3) is 11.8 Å². The molecule has 0 N–H and O–H groups in total. The summed E-state index contributed by atoms with van der Waals surface area (Å²) in [5.74, 6) is -0.910. The molecular weight excluding hydrogens is 433 g/mol. The van der Waals surface area contributed by atoms with Gasteiger partial charge in [0.2, 0.25) is 0 Å². The van der Waals surface area contributed by atoms with Crippen LogP contribution in [-0.2, 0) is 9.59 Å². The maximum atomic E-state index is 13.5. The van der Waals surface area contributed by atoms with Gasteiger partial charge >= 0.3 is 0 Å². The number of amides is 2. The molecule has 0 aliphatic carbocycles. The average Bonchev–Trinajstić information content (AvgIpc) is 3.22. The number of hydrogen-bond acceptors (Lipinski definition) is 5. The van der Waals surface area contributed by atoms with Crippen LogP contribution >= 0.6 is 24.0 Å². The molecule has 2 amide bonds. The molecule has 158 valence electrons. The fourth-order valence-corrected chi connectivity index (χ4v) is 5.64. The third-order valence-electron chi connectivity index (χ3n) is 5.79. The lowest BCUT2D eigenvalue weighted by Crippen LogP contribution is -2.42. The van der Waals surface area contributed by atoms with E-state index in [1.165, 1.54) is 35.6 Å². The van der Waals surface area contributed by atoms with Crippen molar-refractivity contribution in [2.75, 3.05) is 29.6 Å². The molecule has 0 radical (unpaired) electrons. The topological polar surface area (TPSA) is 43.9 Å². The number of carbonyl (C=O) groups excluding carboxylic acids is 2. The smallest absolute Gasteiger partial charge is 0.271 e. The van der Waals surface area contributed by atoms with Gasteiger partial charge in [0.05, 0.1) is 28.5 Å². The lowest BCUT2D eigenvalue weighted by atomic mass is 10.1. The first-order valence-corrected chi connectivity index (χ1v) is 11.5. The van der Waals surface area contributed by atoms with Crippen molar-refractivity contribution in [2.24, 2.45) is 0 Å². The van der Waals surface area contributed by atoms with Gasteiger partial charge in [-0.25, -0.2) is 4.39 Å². The van der Waals surface area contributed by atoms with E-state index in [1.54, 1.807) is 4.90 Å². The Bertz CT molecular complexity index is 1110. The minimum Gasteiger partial charge on any atom is -0.294 e. The maximum Gasteiger partial charge on any atom is 0.271 e. The van der Waals surface area contributed by atoms with Crippen LogP contribution in [0.4, 0.5) is 15.8 Å². The number of para-hydroxylation sites is 1. The van der Waals surface area contributed by atoms with Crippen LogP contribution in [0.2, 0.25) is 0 Å². The molecular formula is C23H20FN3O2S2. The minimum absolute atomic E-state index is 0.175. The van der Waals surface area contributed by atoms with E-state index in [1.807, 2.05) is 24.3 Å². The first-order valence-electron chi connectivity index (χ1n) is 10.2.